The number of aryl methyl sites for hydroxylation is 1. The number of pyridine rings is 2. The predicted molar refractivity (Wildman–Crippen MR) is 87.6 cm³/mol. The monoisotopic (exact) mass is 308 g/mol. The average Bonchev–Trinajstić information content (AvgIpc) is 3.29. The number of carbonyl (C=O) groups is 1. The molecule has 3 aromatic rings. The Labute approximate surface area is 132 Å². The van der Waals surface area contributed by atoms with Crippen molar-refractivity contribution in [2.75, 3.05) is 11.1 Å². The molecule has 7 heteroatoms. The number of rotatable bonds is 3. The summed E-state index contributed by atoms with van der Waals surface area (Å²) in [5.41, 5.74) is 8.62. The lowest BCUT2D eigenvalue weighted by Gasteiger charge is -2.08. The Bertz CT molecular complexity index is 912. The van der Waals surface area contributed by atoms with Gasteiger partial charge in [-0.15, -0.1) is 0 Å². The Kier molecular flexibility index (Phi) is 3.00. The number of carbonyl (C=O) groups excluding carboxylic acids is 1. The fourth-order valence-electron chi connectivity index (χ4n) is 2.56. The summed E-state index contributed by atoms with van der Waals surface area (Å²) < 4.78 is 0. The SMILES string of the molecule is Cc1[nH]ncc1-c1cc2cc(NC(=O)C3CC3)ncc2c(N)n1. The van der Waals surface area contributed by atoms with Crippen LogP contribution >= 0.6 is 0 Å². The molecule has 1 aliphatic carbocycles. The van der Waals surface area contributed by atoms with Crippen LogP contribution in [0.25, 0.3) is 22.0 Å². The number of hydrogen-bond donors (Lipinski definition) is 3. The van der Waals surface area contributed by atoms with Gasteiger partial charge < -0.3 is 11.1 Å². The zero-order valence-corrected chi connectivity index (χ0v) is 12.6. The van der Waals surface area contributed by atoms with Crippen molar-refractivity contribution in [2.24, 2.45) is 5.92 Å². The van der Waals surface area contributed by atoms with Gasteiger partial charge in [-0.25, -0.2) is 9.97 Å². The normalized spacial score (nSPS) is 14.1. The molecule has 4 N–H and O–H groups in total. The second-order valence-corrected chi connectivity index (χ2v) is 5.86. The maximum absolute atomic E-state index is 11.9. The number of aromatic nitrogens is 4. The smallest absolute Gasteiger partial charge is 0.228 e. The highest BCUT2D eigenvalue weighted by Crippen LogP contribution is 2.31. The van der Waals surface area contributed by atoms with Gasteiger partial charge in [0.15, 0.2) is 0 Å². The zero-order chi connectivity index (χ0) is 16.0. The molecule has 0 saturated heterocycles. The lowest BCUT2D eigenvalue weighted by atomic mass is 10.1. The third-order valence-corrected chi connectivity index (χ3v) is 4.05. The zero-order valence-electron chi connectivity index (χ0n) is 12.6. The molecule has 1 amide bonds. The second-order valence-electron chi connectivity index (χ2n) is 5.86. The summed E-state index contributed by atoms with van der Waals surface area (Å²) in [6.07, 6.45) is 5.28. The molecule has 116 valence electrons. The number of anilines is 2. The van der Waals surface area contributed by atoms with E-state index in [4.69, 9.17) is 5.73 Å². The van der Waals surface area contributed by atoms with E-state index in [-0.39, 0.29) is 11.8 Å². The number of amides is 1. The van der Waals surface area contributed by atoms with Gasteiger partial charge in [0.05, 0.1) is 11.9 Å². The number of H-pyrrole nitrogens is 1. The van der Waals surface area contributed by atoms with Gasteiger partial charge in [-0.05, 0) is 37.3 Å². The van der Waals surface area contributed by atoms with Crippen LogP contribution in [0.15, 0.2) is 24.5 Å². The van der Waals surface area contributed by atoms with Gasteiger partial charge in [0.2, 0.25) is 5.91 Å². The molecule has 3 heterocycles. The molecule has 0 unspecified atom stereocenters. The first-order valence-corrected chi connectivity index (χ1v) is 7.49. The molecule has 4 rings (SSSR count). The summed E-state index contributed by atoms with van der Waals surface area (Å²) in [6, 6.07) is 3.75. The minimum atomic E-state index is 0.0322. The Balaban J connectivity index is 1.76. The Morgan fingerprint density at radius 1 is 1.35 bits per heavy atom. The highest BCUT2D eigenvalue weighted by atomic mass is 16.2. The van der Waals surface area contributed by atoms with Crippen LogP contribution < -0.4 is 11.1 Å². The fraction of sp³-hybridized carbons (Fsp3) is 0.250. The third-order valence-electron chi connectivity index (χ3n) is 4.05. The first-order chi connectivity index (χ1) is 11.1. The van der Waals surface area contributed by atoms with Crippen molar-refractivity contribution in [3.63, 3.8) is 0 Å². The molecule has 0 radical (unpaired) electrons. The first kappa shape index (κ1) is 13.7. The van der Waals surface area contributed by atoms with E-state index in [1.807, 2.05) is 19.1 Å². The van der Waals surface area contributed by atoms with Crippen LogP contribution in [0.5, 0.6) is 0 Å². The van der Waals surface area contributed by atoms with Gasteiger partial charge in [0.1, 0.15) is 11.6 Å². The van der Waals surface area contributed by atoms with E-state index in [1.165, 1.54) is 0 Å². The standard InChI is InChI=1S/C16H16N6O/c1-8-11(7-19-22-8)13-4-10-5-14(21-16(23)9-2-3-9)18-6-12(10)15(17)20-13/h4-7,9H,2-3H2,1H3,(H2,17,20)(H,19,22)(H,18,21,23). The molecule has 3 aromatic heterocycles. The molecular formula is C16H16N6O. The number of fused-ring (bicyclic) bond motifs is 1. The molecule has 1 fully saturated rings. The molecule has 0 aromatic carbocycles. The van der Waals surface area contributed by atoms with Crippen LogP contribution in [0.4, 0.5) is 11.6 Å². The molecule has 7 nitrogen and oxygen atoms in total. The highest BCUT2D eigenvalue weighted by molar-refractivity contribution is 5.98. The van der Waals surface area contributed by atoms with Crippen LogP contribution in [0, 0.1) is 12.8 Å². The molecule has 1 saturated carbocycles. The van der Waals surface area contributed by atoms with Crippen LogP contribution in [0.3, 0.4) is 0 Å². The fourth-order valence-corrected chi connectivity index (χ4v) is 2.56. The maximum atomic E-state index is 11.9. The topological polar surface area (TPSA) is 110 Å². The van der Waals surface area contributed by atoms with E-state index in [0.717, 1.165) is 40.6 Å². The lowest BCUT2D eigenvalue weighted by Crippen LogP contribution is -2.14. The molecular weight excluding hydrogens is 292 g/mol. The largest absolute Gasteiger partial charge is 0.383 e. The van der Waals surface area contributed by atoms with Gasteiger partial charge in [0, 0.05) is 28.8 Å². The number of nitrogens with zero attached hydrogens (tertiary/aromatic N) is 3. The van der Waals surface area contributed by atoms with E-state index in [2.05, 4.69) is 25.5 Å². The van der Waals surface area contributed by atoms with Crippen molar-refractivity contribution in [1.82, 2.24) is 20.2 Å². The average molecular weight is 308 g/mol. The minimum absolute atomic E-state index is 0.0322. The Morgan fingerprint density at radius 3 is 2.87 bits per heavy atom. The van der Waals surface area contributed by atoms with Gasteiger partial charge in [-0.1, -0.05) is 0 Å². The van der Waals surface area contributed by atoms with Crippen LogP contribution in [0.1, 0.15) is 18.5 Å². The molecule has 0 aliphatic heterocycles. The summed E-state index contributed by atoms with van der Waals surface area (Å²) in [5.74, 6) is 1.12. The van der Waals surface area contributed by atoms with Crippen LogP contribution in [-0.4, -0.2) is 26.1 Å². The molecule has 23 heavy (non-hydrogen) atoms. The van der Waals surface area contributed by atoms with E-state index in [1.54, 1.807) is 12.4 Å². The van der Waals surface area contributed by atoms with E-state index >= 15 is 0 Å². The van der Waals surface area contributed by atoms with E-state index in [0.29, 0.717) is 11.6 Å². The van der Waals surface area contributed by atoms with Crippen molar-refractivity contribution in [3.05, 3.63) is 30.2 Å². The highest BCUT2D eigenvalue weighted by Gasteiger charge is 2.29. The van der Waals surface area contributed by atoms with Gasteiger partial charge in [0.25, 0.3) is 0 Å². The molecule has 0 bridgehead atoms. The predicted octanol–water partition coefficient (Wildman–Crippen LogP) is 2.26. The Morgan fingerprint density at radius 2 is 2.17 bits per heavy atom. The minimum Gasteiger partial charge on any atom is -0.383 e. The van der Waals surface area contributed by atoms with Crippen LogP contribution in [-0.2, 0) is 4.79 Å². The summed E-state index contributed by atoms with van der Waals surface area (Å²) in [5, 5.41) is 11.4. The van der Waals surface area contributed by atoms with Gasteiger partial charge >= 0.3 is 0 Å². The number of aromatic amines is 1. The van der Waals surface area contributed by atoms with Gasteiger partial charge in [-0.2, -0.15) is 5.10 Å². The number of nitrogen functional groups attached to an aromatic ring is 1. The summed E-state index contributed by atoms with van der Waals surface area (Å²) in [6.45, 7) is 1.93. The second kappa shape index (κ2) is 5.05. The summed E-state index contributed by atoms with van der Waals surface area (Å²) >= 11 is 0. The lowest BCUT2D eigenvalue weighted by molar-refractivity contribution is -0.117. The van der Waals surface area contributed by atoms with Gasteiger partial charge in [-0.3, -0.25) is 9.89 Å². The van der Waals surface area contributed by atoms with Crippen molar-refractivity contribution < 1.29 is 4.79 Å². The molecule has 0 spiro atoms. The summed E-state index contributed by atoms with van der Waals surface area (Å²) in [7, 11) is 0. The first-order valence-electron chi connectivity index (χ1n) is 7.49. The van der Waals surface area contributed by atoms with Crippen molar-refractivity contribution >= 4 is 28.3 Å². The van der Waals surface area contributed by atoms with Crippen molar-refractivity contribution in [2.45, 2.75) is 19.8 Å². The number of nitrogens with two attached hydrogens (primary N) is 1. The van der Waals surface area contributed by atoms with E-state index < -0.39 is 0 Å². The quantitative estimate of drug-likeness (QED) is 0.687. The number of nitrogens with one attached hydrogen (secondary N) is 2. The maximum Gasteiger partial charge on any atom is 0.228 e. The number of hydrogen-bond acceptors (Lipinski definition) is 5. The van der Waals surface area contributed by atoms with E-state index in [9.17, 15) is 4.79 Å². The molecule has 1 aliphatic rings. The summed E-state index contributed by atoms with van der Waals surface area (Å²) in [4.78, 5) is 20.6. The van der Waals surface area contributed by atoms with Crippen molar-refractivity contribution in [3.8, 4) is 11.3 Å². The molecule has 0 atom stereocenters. The van der Waals surface area contributed by atoms with Crippen molar-refractivity contribution in [1.29, 1.82) is 0 Å². The van der Waals surface area contributed by atoms with Crippen LogP contribution in [0.2, 0.25) is 0 Å². The Hall–Kier alpha value is -2.96. The third kappa shape index (κ3) is 2.50.